The summed E-state index contributed by atoms with van der Waals surface area (Å²) in [5, 5.41) is 16.9. The van der Waals surface area contributed by atoms with E-state index in [0.717, 1.165) is 18.0 Å². The summed E-state index contributed by atoms with van der Waals surface area (Å²) in [4.78, 5) is 10.6. The molecule has 19 heavy (non-hydrogen) atoms. The smallest absolute Gasteiger partial charge is 0.313 e. The van der Waals surface area contributed by atoms with Crippen LogP contribution in [-0.4, -0.2) is 46.3 Å². The lowest BCUT2D eigenvalue weighted by Crippen LogP contribution is -2.26. The average molecular weight is 307 g/mol. The lowest BCUT2D eigenvalue weighted by atomic mass is 10.1. The monoisotopic (exact) mass is 307 g/mol. The van der Waals surface area contributed by atoms with E-state index in [1.807, 2.05) is 20.8 Å². The van der Waals surface area contributed by atoms with Gasteiger partial charge in [-0.2, -0.15) is 0 Å². The first kappa shape index (κ1) is 16.0. The number of sulfone groups is 1. The Hall–Kier alpha value is -1.09. The molecule has 0 saturated heterocycles. The van der Waals surface area contributed by atoms with Gasteiger partial charge in [-0.15, -0.1) is 10.2 Å². The highest BCUT2D eigenvalue weighted by Crippen LogP contribution is 2.26. The first-order chi connectivity index (χ1) is 8.50. The Balaban J connectivity index is 3.16. The summed E-state index contributed by atoms with van der Waals surface area (Å²) in [6.07, 6.45) is 1.12. The SMILES string of the molecule is CC(C)(C)n1c(CS(C)(=O)=O)nnc1SCC(=O)O. The molecule has 1 N–H and O–H groups in total. The standard InChI is InChI=1S/C10H17N3O4S2/c1-10(2,3)13-7(6-19(4,16)17)11-12-9(13)18-5-8(14)15/h5-6H2,1-4H3,(H,14,15). The molecule has 1 rings (SSSR count). The fourth-order valence-corrected chi connectivity index (χ4v) is 3.04. The molecule has 0 atom stereocenters. The van der Waals surface area contributed by atoms with Crippen LogP contribution in [0.1, 0.15) is 26.6 Å². The van der Waals surface area contributed by atoms with Crippen LogP contribution in [0.25, 0.3) is 0 Å². The second-order valence-corrected chi connectivity index (χ2v) is 8.24. The molecule has 0 unspecified atom stereocenters. The van der Waals surface area contributed by atoms with Crippen molar-refractivity contribution in [1.29, 1.82) is 0 Å². The maximum Gasteiger partial charge on any atom is 0.313 e. The first-order valence-electron chi connectivity index (χ1n) is 5.48. The normalized spacial score (nSPS) is 12.6. The molecule has 7 nitrogen and oxygen atoms in total. The number of thioether (sulfide) groups is 1. The molecule has 0 aliphatic rings. The van der Waals surface area contributed by atoms with Gasteiger partial charge in [0.1, 0.15) is 11.6 Å². The van der Waals surface area contributed by atoms with Crippen molar-refractivity contribution in [3.8, 4) is 0 Å². The molecule has 0 saturated carbocycles. The van der Waals surface area contributed by atoms with Gasteiger partial charge in [0.2, 0.25) is 0 Å². The summed E-state index contributed by atoms with van der Waals surface area (Å²) in [6.45, 7) is 5.65. The molecule has 0 aliphatic carbocycles. The van der Waals surface area contributed by atoms with Gasteiger partial charge in [-0.1, -0.05) is 11.8 Å². The summed E-state index contributed by atoms with van der Waals surface area (Å²) in [7, 11) is -3.23. The van der Waals surface area contributed by atoms with E-state index >= 15 is 0 Å². The van der Waals surface area contributed by atoms with Gasteiger partial charge in [0.15, 0.2) is 15.0 Å². The lowest BCUT2D eigenvalue weighted by molar-refractivity contribution is -0.133. The Morgan fingerprint density at radius 2 is 1.95 bits per heavy atom. The van der Waals surface area contributed by atoms with E-state index in [2.05, 4.69) is 10.2 Å². The second-order valence-electron chi connectivity index (χ2n) is 5.16. The molecule has 9 heteroatoms. The van der Waals surface area contributed by atoms with Crippen LogP contribution in [0.15, 0.2) is 5.16 Å². The molecule has 108 valence electrons. The molecule has 0 bridgehead atoms. The molecule has 1 heterocycles. The summed E-state index contributed by atoms with van der Waals surface area (Å²) in [6, 6.07) is 0. The molecule has 0 aromatic carbocycles. The minimum absolute atomic E-state index is 0.146. The topological polar surface area (TPSA) is 102 Å². The van der Waals surface area contributed by atoms with E-state index in [1.54, 1.807) is 4.57 Å². The van der Waals surface area contributed by atoms with E-state index in [1.165, 1.54) is 0 Å². The van der Waals surface area contributed by atoms with E-state index in [9.17, 15) is 13.2 Å². The maximum absolute atomic E-state index is 11.4. The van der Waals surface area contributed by atoms with Crippen molar-refractivity contribution < 1.29 is 18.3 Å². The number of rotatable bonds is 5. The van der Waals surface area contributed by atoms with E-state index < -0.39 is 21.3 Å². The number of hydrogen-bond donors (Lipinski definition) is 1. The third-order valence-electron chi connectivity index (χ3n) is 2.09. The van der Waals surface area contributed by atoms with E-state index in [0.29, 0.717) is 11.0 Å². The van der Waals surface area contributed by atoms with Gasteiger partial charge in [0.05, 0.1) is 5.75 Å². The number of carboxylic acid groups (broad SMARTS) is 1. The minimum Gasteiger partial charge on any atom is -0.481 e. The van der Waals surface area contributed by atoms with Gasteiger partial charge in [0, 0.05) is 11.8 Å². The molecule has 1 aromatic rings. The van der Waals surface area contributed by atoms with Crippen molar-refractivity contribution in [3.63, 3.8) is 0 Å². The molecule has 1 aromatic heterocycles. The van der Waals surface area contributed by atoms with Crippen LogP contribution in [0.2, 0.25) is 0 Å². The molecule has 0 aliphatic heterocycles. The molecular weight excluding hydrogens is 290 g/mol. The van der Waals surface area contributed by atoms with Crippen molar-refractivity contribution in [1.82, 2.24) is 14.8 Å². The van der Waals surface area contributed by atoms with Gasteiger partial charge < -0.3 is 5.11 Å². The maximum atomic E-state index is 11.4. The molecule has 0 amide bonds. The van der Waals surface area contributed by atoms with Crippen molar-refractivity contribution in [2.75, 3.05) is 12.0 Å². The quantitative estimate of drug-likeness (QED) is 0.801. The van der Waals surface area contributed by atoms with Crippen molar-refractivity contribution in [3.05, 3.63) is 5.82 Å². The summed E-state index contributed by atoms with van der Waals surface area (Å²) in [5.74, 6) is -1.00. The number of nitrogens with zero attached hydrogens (tertiary/aromatic N) is 3. The van der Waals surface area contributed by atoms with Gasteiger partial charge in [0.25, 0.3) is 0 Å². The van der Waals surface area contributed by atoms with Crippen LogP contribution in [0.4, 0.5) is 0 Å². The highest BCUT2D eigenvalue weighted by Gasteiger charge is 2.25. The van der Waals surface area contributed by atoms with Crippen LogP contribution in [0, 0.1) is 0 Å². The molecule has 0 radical (unpaired) electrons. The van der Waals surface area contributed by atoms with Gasteiger partial charge in [-0.05, 0) is 20.8 Å². The summed E-state index contributed by atoms with van der Waals surface area (Å²) in [5.41, 5.74) is -0.426. The van der Waals surface area contributed by atoms with Crippen molar-refractivity contribution >= 4 is 27.6 Å². The Labute approximate surface area is 116 Å². The van der Waals surface area contributed by atoms with Gasteiger partial charge >= 0.3 is 5.97 Å². The van der Waals surface area contributed by atoms with Crippen LogP contribution < -0.4 is 0 Å². The fourth-order valence-electron chi connectivity index (χ4n) is 1.52. The predicted molar refractivity (Wildman–Crippen MR) is 71.9 cm³/mol. The lowest BCUT2D eigenvalue weighted by Gasteiger charge is -2.24. The highest BCUT2D eigenvalue weighted by atomic mass is 32.2. The van der Waals surface area contributed by atoms with Crippen LogP contribution in [0.3, 0.4) is 0 Å². The third kappa shape index (κ3) is 4.83. The fraction of sp³-hybridized carbons (Fsp3) is 0.700. The number of aromatic nitrogens is 3. The zero-order valence-corrected chi connectivity index (χ0v) is 12.9. The largest absolute Gasteiger partial charge is 0.481 e. The Kier molecular flexibility index (Phi) is 4.62. The zero-order chi connectivity index (χ0) is 14.8. The summed E-state index contributed by atoms with van der Waals surface area (Å²) < 4.78 is 24.4. The van der Waals surface area contributed by atoms with Crippen LogP contribution in [0.5, 0.6) is 0 Å². The summed E-state index contributed by atoms with van der Waals surface area (Å²) >= 11 is 1.02. The Morgan fingerprint density at radius 1 is 1.37 bits per heavy atom. The number of carbonyl (C=O) groups is 1. The number of aliphatic carboxylic acids is 1. The van der Waals surface area contributed by atoms with Crippen LogP contribution in [-0.2, 0) is 25.9 Å². The average Bonchev–Trinajstić information content (AvgIpc) is 2.54. The van der Waals surface area contributed by atoms with Crippen molar-refractivity contribution in [2.24, 2.45) is 0 Å². The Bertz CT molecular complexity index is 572. The highest BCUT2D eigenvalue weighted by molar-refractivity contribution is 7.99. The third-order valence-corrected chi connectivity index (χ3v) is 3.78. The van der Waals surface area contributed by atoms with Crippen molar-refractivity contribution in [2.45, 2.75) is 37.2 Å². The predicted octanol–water partition coefficient (Wildman–Crippen LogP) is 0.754. The molecule has 0 fully saturated rings. The van der Waals surface area contributed by atoms with E-state index in [-0.39, 0.29) is 11.5 Å². The van der Waals surface area contributed by atoms with Gasteiger partial charge in [-0.3, -0.25) is 9.36 Å². The van der Waals surface area contributed by atoms with Crippen LogP contribution >= 0.6 is 11.8 Å². The minimum atomic E-state index is -3.23. The molecular formula is C10H17N3O4S2. The number of carboxylic acids is 1. The van der Waals surface area contributed by atoms with Gasteiger partial charge in [-0.25, -0.2) is 8.42 Å². The van der Waals surface area contributed by atoms with E-state index in [4.69, 9.17) is 5.11 Å². The zero-order valence-electron chi connectivity index (χ0n) is 11.2. The Morgan fingerprint density at radius 3 is 2.37 bits per heavy atom. The molecule has 0 spiro atoms. The first-order valence-corrected chi connectivity index (χ1v) is 8.52. The second kappa shape index (κ2) is 5.49. The number of hydrogen-bond acceptors (Lipinski definition) is 6.